The Morgan fingerprint density at radius 2 is 2.16 bits per heavy atom. The van der Waals surface area contributed by atoms with Crippen LogP contribution in [0, 0.1) is 5.82 Å². The van der Waals surface area contributed by atoms with Crippen molar-refractivity contribution in [3.63, 3.8) is 0 Å². The lowest BCUT2D eigenvalue weighted by molar-refractivity contribution is 0.314. The molecule has 0 aliphatic heterocycles. The van der Waals surface area contributed by atoms with Crippen LogP contribution in [0.1, 0.15) is 16.7 Å². The smallest absolute Gasteiger partial charge is 0.127 e. The van der Waals surface area contributed by atoms with E-state index in [1.165, 1.54) is 11.6 Å². The Hall–Kier alpha value is -1.30. The quantitative estimate of drug-likeness (QED) is 0.859. The van der Waals surface area contributed by atoms with Gasteiger partial charge in [-0.1, -0.05) is 12.2 Å². The van der Waals surface area contributed by atoms with Crippen molar-refractivity contribution in [2.75, 3.05) is 7.05 Å². The molecule has 19 heavy (non-hydrogen) atoms. The summed E-state index contributed by atoms with van der Waals surface area (Å²) in [5.41, 5.74) is 8.12. The van der Waals surface area contributed by atoms with Gasteiger partial charge in [-0.05, 0) is 47.6 Å². The van der Waals surface area contributed by atoms with Crippen molar-refractivity contribution < 1.29 is 4.39 Å². The first kappa shape index (κ1) is 14.1. The number of nitrogens with two attached hydrogens (primary N) is 1. The van der Waals surface area contributed by atoms with Gasteiger partial charge in [-0.2, -0.15) is 11.3 Å². The molecule has 0 bridgehead atoms. The number of thiophene rings is 1. The van der Waals surface area contributed by atoms with Crippen LogP contribution >= 0.6 is 23.6 Å². The summed E-state index contributed by atoms with van der Waals surface area (Å²) < 4.78 is 13.8. The van der Waals surface area contributed by atoms with Crippen LogP contribution in [0.2, 0.25) is 0 Å². The van der Waals surface area contributed by atoms with Crippen LogP contribution in [0.25, 0.3) is 0 Å². The molecule has 100 valence electrons. The maximum atomic E-state index is 13.8. The van der Waals surface area contributed by atoms with Gasteiger partial charge in [-0.3, -0.25) is 4.90 Å². The highest BCUT2D eigenvalue weighted by Crippen LogP contribution is 2.15. The number of halogens is 1. The molecule has 1 aromatic carbocycles. The molecule has 0 fully saturated rings. The molecule has 0 radical (unpaired) electrons. The van der Waals surface area contributed by atoms with Crippen LogP contribution < -0.4 is 5.73 Å². The fourth-order valence-electron chi connectivity index (χ4n) is 1.89. The summed E-state index contributed by atoms with van der Waals surface area (Å²) >= 11 is 6.58. The lowest BCUT2D eigenvalue weighted by atomic mass is 10.1. The van der Waals surface area contributed by atoms with Crippen molar-refractivity contribution in [1.82, 2.24) is 4.90 Å². The first-order chi connectivity index (χ1) is 9.06. The van der Waals surface area contributed by atoms with Crippen molar-refractivity contribution in [1.29, 1.82) is 0 Å². The van der Waals surface area contributed by atoms with Crippen LogP contribution in [-0.4, -0.2) is 16.9 Å². The van der Waals surface area contributed by atoms with E-state index >= 15 is 0 Å². The molecule has 1 heterocycles. The predicted molar refractivity (Wildman–Crippen MR) is 81.8 cm³/mol. The van der Waals surface area contributed by atoms with E-state index in [2.05, 4.69) is 16.3 Å². The molecule has 0 saturated heterocycles. The number of hydrogen-bond donors (Lipinski definition) is 1. The summed E-state index contributed by atoms with van der Waals surface area (Å²) in [7, 11) is 1.96. The summed E-state index contributed by atoms with van der Waals surface area (Å²) in [4.78, 5) is 2.35. The lowest BCUT2D eigenvalue weighted by Gasteiger charge is -2.17. The maximum Gasteiger partial charge on any atom is 0.127 e. The average molecular weight is 294 g/mol. The zero-order chi connectivity index (χ0) is 13.8. The Kier molecular flexibility index (Phi) is 4.63. The van der Waals surface area contributed by atoms with Gasteiger partial charge in [-0.25, -0.2) is 4.39 Å². The minimum atomic E-state index is -0.225. The zero-order valence-corrected chi connectivity index (χ0v) is 12.2. The van der Waals surface area contributed by atoms with Gasteiger partial charge in [-0.15, -0.1) is 0 Å². The second-order valence-electron chi connectivity index (χ2n) is 4.47. The Morgan fingerprint density at radius 1 is 1.37 bits per heavy atom. The van der Waals surface area contributed by atoms with E-state index < -0.39 is 0 Å². The lowest BCUT2D eigenvalue weighted by Crippen LogP contribution is -2.18. The fourth-order valence-corrected chi connectivity index (χ4v) is 2.68. The molecule has 2 aromatic rings. The van der Waals surface area contributed by atoms with E-state index in [-0.39, 0.29) is 5.82 Å². The van der Waals surface area contributed by atoms with Crippen LogP contribution in [0.5, 0.6) is 0 Å². The number of nitrogens with zero attached hydrogens (tertiary/aromatic N) is 1. The molecule has 0 saturated carbocycles. The van der Waals surface area contributed by atoms with Crippen molar-refractivity contribution in [2.24, 2.45) is 5.73 Å². The Labute approximate surface area is 121 Å². The minimum absolute atomic E-state index is 0.225. The zero-order valence-electron chi connectivity index (χ0n) is 10.6. The monoisotopic (exact) mass is 294 g/mol. The molecular weight excluding hydrogens is 279 g/mol. The van der Waals surface area contributed by atoms with Gasteiger partial charge >= 0.3 is 0 Å². The topological polar surface area (TPSA) is 29.3 Å². The van der Waals surface area contributed by atoms with Crippen LogP contribution in [0.4, 0.5) is 4.39 Å². The second-order valence-corrected chi connectivity index (χ2v) is 5.69. The SMILES string of the molecule is CN(Cc1ccsc1)Cc1cc(C(N)=S)ccc1F. The number of hydrogen-bond acceptors (Lipinski definition) is 3. The van der Waals surface area contributed by atoms with Gasteiger partial charge < -0.3 is 5.73 Å². The number of rotatable bonds is 5. The van der Waals surface area contributed by atoms with Gasteiger partial charge in [0, 0.05) is 24.2 Å². The van der Waals surface area contributed by atoms with Crippen molar-refractivity contribution >= 4 is 28.5 Å². The predicted octanol–water partition coefficient (Wildman–Crippen LogP) is 3.15. The molecule has 2 nitrogen and oxygen atoms in total. The van der Waals surface area contributed by atoms with Gasteiger partial charge in [0.05, 0.1) is 0 Å². The standard InChI is InChI=1S/C14H15FN2S2/c1-17(7-10-4-5-19-9-10)8-12-6-11(14(16)18)2-3-13(12)15/h2-6,9H,7-8H2,1H3,(H2,16,18). The van der Waals surface area contributed by atoms with E-state index in [1.807, 2.05) is 12.4 Å². The molecule has 2 N–H and O–H groups in total. The molecule has 0 spiro atoms. The summed E-state index contributed by atoms with van der Waals surface area (Å²) in [5, 5.41) is 4.13. The molecule has 0 aliphatic rings. The number of thiocarbonyl (C=S) groups is 1. The third-order valence-corrected chi connectivity index (χ3v) is 3.77. The van der Waals surface area contributed by atoms with Gasteiger partial charge in [0.1, 0.15) is 10.8 Å². The van der Waals surface area contributed by atoms with Crippen LogP contribution in [0.3, 0.4) is 0 Å². The third kappa shape index (κ3) is 3.83. The average Bonchev–Trinajstić information content (AvgIpc) is 2.84. The van der Waals surface area contributed by atoms with Crippen LogP contribution in [0.15, 0.2) is 35.0 Å². The Morgan fingerprint density at radius 3 is 2.79 bits per heavy atom. The summed E-state index contributed by atoms with van der Waals surface area (Å²) in [5.74, 6) is -0.225. The Bertz CT molecular complexity index is 567. The normalized spacial score (nSPS) is 10.9. The summed E-state index contributed by atoms with van der Waals surface area (Å²) in [6, 6.07) is 6.83. The largest absolute Gasteiger partial charge is 0.389 e. The number of benzene rings is 1. The van der Waals surface area contributed by atoms with E-state index in [4.69, 9.17) is 18.0 Å². The van der Waals surface area contributed by atoms with E-state index in [9.17, 15) is 4.39 Å². The molecule has 0 atom stereocenters. The first-order valence-corrected chi connectivity index (χ1v) is 7.19. The highest BCUT2D eigenvalue weighted by atomic mass is 32.1. The molecule has 0 amide bonds. The molecule has 0 unspecified atom stereocenters. The van der Waals surface area contributed by atoms with Crippen LogP contribution in [-0.2, 0) is 13.1 Å². The molecular formula is C14H15FN2S2. The van der Waals surface area contributed by atoms with E-state index in [0.717, 1.165) is 6.54 Å². The van der Waals surface area contributed by atoms with Gasteiger partial charge in [0.2, 0.25) is 0 Å². The third-order valence-electron chi connectivity index (χ3n) is 2.80. The Balaban J connectivity index is 2.09. The molecule has 1 aromatic heterocycles. The fraction of sp³-hybridized carbons (Fsp3) is 0.214. The van der Waals surface area contributed by atoms with E-state index in [1.54, 1.807) is 23.5 Å². The van der Waals surface area contributed by atoms with E-state index in [0.29, 0.717) is 22.7 Å². The van der Waals surface area contributed by atoms with Gasteiger partial charge in [0.15, 0.2) is 0 Å². The van der Waals surface area contributed by atoms with Gasteiger partial charge in [0.25, 0.3) is 0 Å². The summed E-state index contributed by atoms with van der Waals surface area (Å²) in [6.45, 7) is 1.32. The maximum absolute atomic E-state index is 13.8. The molecule has 2 rings (SSSR count). The highest BCUT2D eigenvalue weighted by Gasteiger charge is 2.09. The summed E-state index contributed by atoms with van der Waals surface area (Å²) in [6.07, 6.45) is 0. The minimum Gasteiger partial charge on any atom is -0.389 e. The highest BCUT2D eigenvalue weighted by molar-refractivity contribution is 7.80. The molecule has 5 heteroatoms. The van der Waals surface area contributed by atoms with Crippen molar-refractivity contribution in [3.8, 4) is 0 Å². The second kappa shape index (κ2) is 6.23. The first-order valence-electron chi connectivity index (χ1n) is 5.84. The van der Waals surface area contributed by atoms with Crippen molar-refractivity contribution in [3.05, 3.63) is 57.5 Å². The molecule has 0 aliphatic carbocycles. The van der Waals surface area contributed by atoms with Crippen molar-refractivity contribution in [2.45, 2.75) is 13.1 Å².